The Bertz CT molecular complexity index is 1070. The van der Waals surface area contributed by atoms with Crippen LogP contribution in [-0.4, -0.2) is 34.1 Å². The van der Waals surface area contributed by atoms with Gasteiger partial charge >= 0.3 is 5.97 Å². The number of hydrogen-bond acceptors (Lipinski definition) is 7. The minimum atomic E-state index is -0.648. The van der Waals surface area contributed by atoms with Crippen molar-refractivity contribution < 1.29 is 14.3 Å². The minimum Gasteiger partial charge on any atom is -0.454 e. The molecule has 1 saturated carbocycles. The summed E-state index contributed by atoms with van der Waals surface area (Å²) in [5.41, 5.74) is 0.530. The van der Waals surface area contributed by atoms with Crippen molar-refractivity contribution in [1.82, 2.24) is 14.9 Å². The van der Waals surface area contributed by atoms with Crippen LogP contribution < -0.4 is 10.9 Å². The summed E-state index contributed by atoms with van der Waals surface area (Å²) < 4.78 is 6.25. The molecule has 7 nitrogen and oxygen atoms in total. The molecule has 0 spiro atoms. The van der Waals surface area contributed by atoms with Gasteiger partial charge in [0.1, 0.15) is 11.4 Å². The van der Waals surface area contributed by atoms with Gasteiger partial charge in [-0.1, -0.05) is 6.07 Å². The number of hydrogen-bond donors (Lipinski definition) is 1. The molecule has 0 aliphatic heterocycles. The van der Waals surface area contributed by atoms with Crippen LogP contribution in [-0.2, 0) is 20.9 Å². The van der Waals surface area contributed by atoms with Gasteiger partial charge in [0.2, 0.25) is 0 Å². The Labute approximate surface area is 169 Å². The van der Waals surface area contributed by atoms with E-state index in [2.05, 4.69) is 10.3 Å². The number of fused-ring (bicyclic) bond motifs is 1. The number of amides is 1. The van der Waals surface area contributed by atoms with E-state index >= 15 is 0 Å². The minimum absolute atomic E-state index is 0.0923. The molecule has 1 N–H and O–H groups in total. The number of esters is 1. The number of aromatic nitrogens is 2. The van der Waals surface area contributed by atoms with E-state index in [0.717, 1.165) is 23.3 Å². The maximum absolute atomic E-state index is 12.9. The van der Waals surface area contributed by atoms with Crippen molar-refractivity contribution in [2.75, 3.05) is 6.61 Å². The van der Waals surface area contributed by atoms with E-state index in [0.29, 0.717) is 16.1 Å². The van der Waals surface area contributed by atoms with E-state index in [-0.39, 0.29) is 30.7 Å². The van der Waals surface area contributed by atoms with Crippen LogP contribution in [0.15, 0.2) is 34.0 Å². The van der Waals surface area contributed by atoms with E-state index in [1.165, 1.54) is 22.2 Å². The Morgan fingerprint density at radius 3 is 2.93 bits per heavy atom. The summed E-state index contributed by atoms with van der Waals surface area (Å²) in [6.45, 7) is 1.32. The van der Waals surface area contributed by atoms with Gasteiger partial charge in [0.15, 0.2) is 6.61 Å². The fourth-order valence-electron chi connectivity index (χ4n) is 3.03. The Balaban J connectivity index is 1.43. The summed E-state index contributed by atoms with van der Waals surface area (Å²) >= 11 is 2.94. The van der Waals surface area contributed by atoms with E-state index in [1.54, 1.807) is 11.3 Å². The molecule has 0 saturated heterocycles. The lowest BCUT2D eigenvalue weighted by Gasteiger charge is -2.13. The Hall–Kier alpha value is -2.52. The van der Waals surface area contributed by atoms with Gasteiger partial charge in [-0.05, 0) is 37.1 Å². The van der Waals surface area contributed by atoms with E-state index < -0.39 is 5.97 Å². The molecule has 3 aromatic heterocycles. The molecule has 9 heteroatoms. The topological polar surface area (TPSA) is 90.3 Å². The highest BCUT2D eigenvalue weighted by Crippen LogP contribution is 2.33. The molecular formula is C19H19N3O4S2. The summed E-state index contributed by atoms with van der Waals surface area (Å²) in [5, 5.41) is 7.17. The second-order valence-corrected chi connectivity index (χ2v) is 8.64. The van der Waals surface area contributed by atoms with E-state index in [9.17, 15) is 14.4 Å². The van der Waals surface area contributed by atoms with Crippen molar-refractivity contribution >= 4 is 44.8 Å². The third-order valence-electron chi connectivity index (χ3n) is 4.73. The average Bonchev–Trinajstić information content (AvgIpc) is 3.21. The van der Waals surface area contributed by atoms with Crippen LogP contribution in [0.3, 0.4) is 0 Å². The van der Waals surface area contributed by atoms with Gasteiger partial charge in [0.25, 0.3) is 11.5 Å². The molecule has 4 rings (SSSR count). The van der Waals surface area contributed by atoms with Crippen molar-refractivity contribution in [1.29, 1.82) is 0 Å². The fourth-order valence-corrected chi connectivity index (χ4v) is 4.75. The van der Waals surface area contributed by atoms with Gasteiger partial charge in [-0.25, -0.2) is 4.98 Å². The molecule has 0 radical (unpaired) electrons. The number of nitrogens with one attached hydrogen (secondary N) is 1. The first-order valence-corrected chi connectivity index (χ1v) is 10.7. The maximum Gasteiger partial charge on any atom is 0.326 e. The summed E-state index contributed by atoms with van der Waals surface area (Å²) in [7, 11) is 0. The average molecular weight is 418 g/mol. The van der Waals surface area contributed by atoms with Gasteiger partial charge in [-0.3, -0.25) is 19.0 Å². The number of carbonyl (C=O) groups excluding carboxylic acids is 2. The standard InChI is InChI=1S/C19H19N3O4S2/c1-11(12-4-5-12)21-15(23)8-26-16(24)7-22-10-20-18-17(19(22)25)13(9-28-18)14-3-2-6-27-14/h2-3,6,9-12H,4-5,7-8H2,1H3,(H,21,23)/t11-/m0/s1. The zero-order chi connectivity index (χ0) is 19.7. The number of rotatable bonds is 7. The first kappa shape index (κ1) is 18.8. The third-order valence-corrected chi connectivity index (χ3v) is 6.52. The molecule has 0 bridgehead atoms. The summed E-state index contributed by atoms with van der Waals surface area (Å²) in [5.74, 6) is -0.448. The Kier molecular flexibility index (Phi) is 5.27. The summed E-state index contributed by atoms with van der Waals surface area (Å²) in [4.78, 5) is 42.7. The number of carbonyl (C=O) groups is 2. The van der Waals surface area contributed by atoms with Crippen molar-refractivity contribution in [2.24, 2.45) is 5.92 Å². The van der Waals surface area contributed by atoms with Gasteiger partial charge in [0, 0.05) is 21.9 Å². The predicted octanol–water partition coefficient (Wildman–Crippen LogP) is 2.64. The highest BCUT2D eigenvalue weighted by atomic mass is 32.1. The van der Waals surface area contributed by atoms with E-state index in [1.807, 2.05) is 29.8 Å². The Morgan fingerprint density at radius 2 is 2.21 bits per heavy atom. The predicted molar refractivity (Wildman–Crippen MR) is 108 cm³/mol. The van der Waals surface area contributed by atoms with Crippen LogP contribution in [0.25, 0.3) is 20.7 Å². The van der Waals surface area contributed by atoms with Gasteiger partial charge in [-0.15, -0.1) is 22.7 Å². The Morgan fingerprint density at radius 1 is 1.39 bits per heavy atom. The van der Waals surface area contributed by atoms with E-state index in [4.69, 9.17) is 4.74 Å². The van der Waals surface area contributed by atoms with Gasteiger partial charge in [-0.2, -0.15) is 0 Å². The van der Waals surface area contributed by atoms with Crippen LogP contribution >= 0.6 is 22.7 Å². The molecule has 3 heterocycles. The van der Waals surface area contributed by atoms with Gasteiger partial charge < -0.3 is 10.1 Å². The first-order chi connectivity index (χ1) is 13.5. The summed E-state index contributed by atoms with van der Waals surface area (Å²) in [6, 6.07) is 3.96. The summed E-state index contributed by atoms with van der Waals surface area (Å²) in [6.07, 6.45) is 3.58. The molecule has 28 heavy (non-hydrogen) atoms. The molecule has 1 aliphatic rings. The zero-order valence-corrected chi connectivity index (χ0v) is 16.8. The van der Waals surface area contributed by atoms with Crippen molar-refractivity contribution in [3.8, 4) is 10.4 Å². The number of ether oxygens (including phenoxy) is 1. The first-order valence-electron chi connectivity index (χ1n) is 8.98. The van der Waals surface area contributed by atoms with Crippen LogP contribution in [0, 0.1) is 5.92 Å². The van der Waals surface area contributed by atoms with Crippen molar-refractivity contribution in [3.63, 3.8) is 0 Å². The quantitative estimate of drug-likeness (QED) is 0.597. The second-order valence-electron chi connectivity index (χ2n) is 6.84. The third kappa shape index (κ3) is 4.00. The molecule has 1 aliphatic carbocycles. The van der Waals surface area contributed by atoms with Crippen molar-refractivity contribution in [3.05, 3.63) is 39.6 Å². The van der Waals surface area contributed by atoms with Crippen molar-refractivity contribution in [2.45, 2.75) is 32.4 Å². The normalized spacial score (nSPS) is 14.8. The molecule has 1 fully saturated rings. The van der Waals surface area contributed by atoms with Gasteiger partial charge in [0.05, 0.1) is 11.7 Å². The monoisotopic (exact) mass is 417 g/mol. The molecule has 1 amide bonds. The molecule has 1 atom stereocenters. The smallest absolute Gasteiger partial charge is 0.326 e. The molecule has 0 unspecified atom stereocenters. The second kappa shape index (κ2) is 7.84. The SMILES string of the molecule is C[C@H](NC(=O)COC(=O)Cn1cnc2scc(-c3cccs3)c2c1=O)C1CC1. The molecule has 146 valence electrons. The molecule has 0 aromatic carbocycles. The highest BCUT2D eigenvalue weighted by Gasteiger charge is 2.29. The van der Waals surface area contributed by atoms with Crippen LogP contribution in [0.2, 0.25) is 0 Å². The van der Waals surface area contributed by atoms with Crippen LogP contribution in [0.1, 0.15) is 19.8 Å². The highest BCUT2D eigenvalue weighted by molar-refractivity contribution is 7.18. The lowest BCUT2D eigenvalue weighted by atomic mass is 10.2. The fraction of sp³-hybridized carbons (Fsp3) is 0.368. The maximum atomic E-state index is 12.9. The largest absolute Gasteiger partial charge is 0.454 e. The lowest BCUT2D eigenvalue weighted by molar-refractivity contribution is -0.149. The lowest BCUT2D eigenvalue weighted by Crippen LogP contribution is -2.37. The van der Waals surface area contributed by atoms with Crippen LogP contribution in [0.4, 0.5) is 0 Å². The number of nitrogens with zero attached hydrogens (tertiary/aromatic N) is 2. The van der Waals surface area contributed by atoms with Crippen LogP contribution in [0.5, 0.6) is 0 Å². The molecule has 3 aromatic rings. The zero-order valence-electron chi connectivity index (χ0n) is 15.2. The number of thiophene rings is 2. The molecular weight excluding hydrogens is 398 g/mol.